The van der Waals surface area contributed by atoms with Crippen LogP contribution in [-0.2, 0) is 19.5 Å². The Balaban J connectivity index is 1.32. The molecular weight excluding hydrogens is 523 g/mol. The van der Waals surface area contributed by atoms with Crippen LogP contribution in [0.2, 0.25) is 5.02 Å². The van der Waals surface area contributed by atoms with Gasteiger partial charge in [0.05, 0.1) is 0 Å². The first-order valence-electron chi connectivity index (χ1n) is 13.4. The number of benzene rings is 3. The summed E-state index contributed by atoms with van der Waals surface area (Å²) in [5.41, 5.74) is 11.1. The van der Waals surface area contributed by atoms with Crippen molar-refractivity contribution in [3.8, 4) is 16.9 Å². The monoisotopic (exact) mass is 555 g/mol. The predicted molar refractivity (Wildman–Crippen MR) is 151 cm³/mol. The molecule has 8 heteroatoms. The number of rotatable bonds is 9. The number of fused-ring (bicyclic) bond motifs is 1. The summed E-state index contributed by atoms with van der Waals surface area (Å²) in [5, 5.41) is 1.94. The highest BCUT2D eigenvalue weighted by atomic mass is 35.5. The molecule has 5 rings (SSSR count). The van der Waals surface area contributed by atoms with Crippen molar-refractivity contribution in [1.29, 1.82) is 0 Å². The van der Waals surface area contributed by atoms with E-state index in [9.17, 15) is 13.2 Å². The number of likely N-dealkylation sites (tertiary alicyclic amines) is 1. The highest BCUT2D eigenvalue weighted by Crippen LogP contribution is 2.34. The van der Waals surface area contributed by atoms with Crippen LogP contribution in [0.3, 0.4) is 0 Å². The van der Waals surface area contributed by atoms with Crippen molar-refractivity contribution >= 4 is 22.5 Å². The van der Waals surface area contributed by atoms with Gasteiger partial charge in [-0.15, -0.1) is 13.2 Å². The van der Waals surface area contributed by atoms with Crippen molar-refractivity contribution in [2.75, 3.05) is 19.6 Å². The number of aryl methyl sites for hydroxylation is 1. The third kappa shape index (κ3) is 6.96. The second kappa shape index (κ2) is 12.0. The number of alkyl halides is 3. The fourth-order valence-corrected chi connectivity index (χ4v) is 5.75. The maximum Gasteiger partial charge on any atom is 0.573 e. The van der Waals surface area contributed by atoms with Gasteiger partial charge in [-0.25, -0.2) is 0 Å². The van der Waals surface area contributed by atoms with Crippen LogP contribution in [0.25, 0.3) is 22.0 Å². The van der Waals surface area contributed by atoms with Crippen molar-refractivity contribution in [2.45, 2.75) is 45.1 Å². The van der Waals surface area contributed by atoms with Crippen LogP contribution in [-0.4, -0.2) is 35.5 Å². The Labute approximate surface area is 232 Å². The van der Waals surface area contributed by atoms with E-state index >= 15 is 0 Å². The fraction of sp³-hybridized carbons (Fsp3) is 0.355. The van der Waals surface area contributed by atoms with E-state index < -0.39 is 6.36 Å². The van der Waals surface area contributed by atoms with Crippen LogP contribution in [0.5, 0.6) is 5.75 Å². The molecule has 0 atom stereocenters. The summed E-state index contributed by atoms with van der Waals surface area (Å²) in [6, 6.07) is 20.7. The zero-order valence-corrected chi connectivity index (χ0v) is 22.5. The van der Waals surface area contributed by atoms with Crippen LogP contribution in [0.15, 0.2) is 72.9 Å². The SMILES string of the molecule is NCCCn1cc(-c2ccc(OC(F)(F)F)cc2)c2cc(CN3CCC(Cc4ccccc4Cl)CC3)ccc21. The molecule has 2 N–H and O–H groups in total. The minimum Gasteiger partial charge on any atom is -0.406 e. The maximum atomic E-state index is 12.6. The second-order valence-electron chi connectivity index (χ2n) is 10.3. The molecule has 0 amide bonds. The van der Waals surface area contributed by atoms with E-state index in [4.69, 9.17) is 17.3 Å². The molecule has 0 radical (unpaired) electrons. The molecule has 0 unspecified atom stereocenters. The highest BCUT2D eigenvalue weighted by Gasteiger charge is 2.31. The normalized spacial score (nSPS) is 15.2. The van der Waals surface area contributed by atoms with Gasteiger partial charge in [-0.3, -0.25) is 4.90 Å². The lowest BCUT2D eigenvalue weighted by Gasteiger charge is -2.32. The Morgan fingerprint density at radius 3 is 2.41 bits per heavy atom. The Bertz CT molecular complexity index is 1390. The third-order valence-electron chi connectivity index (χ3n) is 7.53. The molecule has 0 saturated carbocycles. The largest absolute Gasteiger partial charge is 0.573 e. The number of hydrogen-bond donors (Lipinski definition) is 1. The molecule has 1 aliphatic heterocycles. The minimum atomic E-state index is -4.71. The van der Waals surface area contributed by atoms with Crippen molar-refractivity contribution in [1.82, 2.24) is 9.47 Å². The van der Waals surface area contributed by atoms with Gasteiger partial charge in [-0.05, 0) is 98.3 Å². The molecule has 4 aromatic rings. The highest BCUT2D eigenvalue weighted by molar-refractivity contribution is 6.31. The van der Waals surface area contributed by atoms with Crippen LogP contribution < -0.4 is 10.5 Å². The van der Waals surface area contributed by atoms with E-state index in [0.29, 0.717) is 12.5 Å². The molecule has 0 spiro atoms. The zero-order chi connectivity index (χ0) is 27.4. The van der Waals surface area contributed by atoms with Gasteiger partial charge in [0.15, 0.2) is 0 Å². The molecule has 0 aliphatic carbocycles. The van der Waals surface area contributed by atoms with Gasteiger partial charge < -0.3 is 15.0 Å². The zero-order valence-electron chi connectivity index (χ0n) is 21.8. The van der Waals surface area contributed by atoms with Crippen molar-refractivity contribution in [3.63, 3.8) is 0 Å². The molecule has 39 heavy (non-hydrogen) atoms. The minimum absolute atomic E-state index is 0.225. The molecule has 4 nitrogen and oxygen atoms in total. The average molecular weight is 556 g/mol. The number of hydrogen-bond acceptors (Lipinski definition) is 3. The van der Waals surface area contributed by atoms with Gasteiger partial charge in [0.2, 0.25) is 0 Å². The van der Waals surface area contributed by atoms with Crippen LogP contribution in [0, 0.1) is 5.92 Å². The maximum absolute atomic E-state index is 12.6. The lowest BCUT2D eigenvalue weighted by atomic mass is 9.90. The van der Waals surface area contributed by atoms with Gasteiger partial charge in [-0.2, -0.15) is 0 Å². The van der Waals surface area contributed by atoms with Crippen molar-refractivity contribution in [2.24, 2.45) is 11.7 Å². The van der Waals surface area contributed by atoms with Crippen LogP contribution in [0.1, 0.15) is 30.4 Å². The number of nitrogens with zero attached hydrogens (tertiary/aromatic N) is 2. The van der Waals surface area contributed by atoms with E-state index in [1.54, 1.807) is 12.1 Å². The standard InChI is InChI=1S/C31H33ClF3N3O/c32-29-5-2-1-4-25(29)18-22-12-16-37(17-13-22)20-23-6-11-30-27(19-23)28(21-38(30)15-3-14-36)24-7-9-26(10-8-24)39-31(33,34)35/h1-2,4-11,19,21-22H,3,12-18,20,36H2. The Morgan fingerprint density at radius 2 is 1.72 bits per heavy atom. The molecule has 206 valence electrons. The number of aromatic nitrogens is 1. The summed E-state index contributed by atoms with van der Waals surface area (Å²) in [5.74, 6) is 0.410. The van der Waals surface area contributed by atoms with E-state index in [0.717, 1.165) is 78.9 Å². The quantitative estimate of drug-likeness (QED) is 0.230. The van der Waals surface area contributed by atoms with E-state index in [1.807, 2.05) is 12.1 Å². The van der Waals surface area contributed by atoms with Gasteiger partial charge in [0.1, 0.15) is 5.75 Å². The van der Waals surface area contributed by atoms with E-state index in [2.05, 4.69) is 50.7 Å². The number of piperidine rings is 1. The van der Waals surface area contributed by atoms with E-state index in [1.165, 1.54) is 23.3 Å². The third-order valence-corrected chi connectivity index (χ3v) is 7.90. The summed E-state index contributed by atoms with van der Waals surface area (Å²) in [4.78, 5) is 2.50. The molecule has 1 aliphatic rings. The molecular formula is C31H33ClF3N3O. The smallest absolute Gasteiger partial charge is 0.406 e. The molecule has 1 saturated heterocycles. The Morgan fingerprint density at radius 1 is 0.974 bits per heavy atom. The van der Waals surface area contributed by atoms with Crippen LogP contribution >= 0.6 is 11.6 Å². The summed E-state index contributed by atoms with van der Waals surface area (Å²) in [7, 11) is 0. The van der Waals surface area contributed by atoms with Crippen molar-refractivity contribution in [3.05, 3.63) is 89.1 Å². The molecule has 1 fully saturated rings. The summed E-state index contributed by atoms with van der Waals surface area (Å²) < 4.78 is 44.1. The average Bonchev–Trinajstić information content (AvgIpc) is 3.27. The topological polar surface area (TPSA) is 43.4 Å². The second-order valence-corrected chi connectivity index (χ2v) is 10.7. The summed E-state index contributed by atoms with van der Waals surface area (Å²) in [6.07, 6.45) is 1.50. The number of nitrogens with two attached hydrogens (primary N) is 1. The Hall–Kier alpha value is -3.00. The fourth-order valence-electron chi connectivity index (χ4n) is 5.54. The van der Waals surface area contributed by atoms with Gasteiger partial charge in [0, 0.05) is 40.8 Å². The molecule has 1 aromatic heterocycles. The number of halogens is 4. The summed E-state index contributed by atoms with van der Waals surface area (Å²) in [6.45, 7) is 4.31. The first-order valence-corrected chi connectivity index (χ1v) is 13.8. The van der Waals surface area contributed by atoms with Crippen LogP contribution in [0.4, 0.5) is 13.2 Å². The Kier molecular flexibility index (Phi) is 8.50. The lowest BCUT2D eigenvalue weighted by molar-refractivity contribution is -0.274. The number of ether oxygens (including phenoxy) is 1. The van der Waals surface area contributed by atoms with Gasteiger partial charge in [-0.1, -0.05) is 48.0 Å². The summed E-state index contributed by atoms with van der Waals surface area (Å²) >= 11 is 6.38. The molecule has 3 aromatic carbocycles. The van der Waals surface area contributed by atoms with E-state index in [-0.39, 0.29) is 5.75 Å². The molecule has 2 heterocycles. The first kappa shape index (κ1) is 27.6. The van der Waals surface area contributed by atoms with Crippen molar-refractivity contribution < 1.29 is 17.9 Å². The predicted octanol–water partition coefficient (Wildman–Crippen LogP) is 7.66. The van der Waals surface area contributed by atoms with Gasteiger partial charge in [0.25, 0.3) is 0 Å². The lowest BCUT2D eigenvalue weighted by Crippen LogP contribution is -2.33. The van der Waals surface area contributed by atoms with Gasteiger partial charge >= 0.3 is 6.36 Å². The first-order chi connectivity index (χ1) is 18.8. The molecule has 0 bridgehead atoms.